The second-order valence-electron chi connectivity index (χ2n) is 5.82. The van der Waals surface area contributed by atoms with Crippen LogP contribution in [0.4, 0.5) is 0 Å². The Bertz CT molecular complexity index is 401. The molecule has 2 atom stereocenters. The van der Waals surface area contributed by atoms with Crippen molar-refractivity contribution >= 4 is 30.9 Å². The predicted molar refractivity (Wildman–Crippen MR) is 86.8 cm³/mol. The highest BCUT2D eigenvalue weighted by Gasteiger charge is 2.27. The zero-order valence-electron chi connectivity index (χ0n) is 13.4. The Kier molecular flexibility index (Phi) is 9.01. The number of amides is 2. The number of nitrogens with zero attached hydrogens (tertiary/aromatic N) is 1. The van der Waals surface area contributed by atoms with Gasteiger partial charge in [-0.05, 0) is 32.1 Å². The predicted octanol–water partition coefficient (Wildman–Crippen LogP) is 1.50. The molecule has 1 rings (SSSR count). The molecule has 0 heterocycles. The SMILES string of the molecule is CCCCC(CN(O)C=O)C(=O)NC(S)C(=O)OC1CCCC1. The maximum Gasteiger partial charge on any atom is 0.339 e. The third-order valence-electron chi connectivity index (χ3n) is 3.89. The molecule has 8 heteroatoms. The Balaban J connectivity index is 2.49. The Hall–Kier alpha value is -1.28. The molecule has 0 aliphatic heterocycles. The first-order chi connectivity index (χ1) is 11.0. The maximum atomic E-state index is 12.2. The average Bonchev–Trinajstić information content (AvgIpc) is 3.03. The molecule has 0 bridgehead atoms. The topological polar surface area (TPSA) is 95.9 Å². The highest BCUT2D eigenvalue weighted by molar-refractivity contribution is 7.81. The third kappa shape index (κ3) is 7.22. The molecule has 23 heavy (non-hydrogen) atoms. The molecular formula is C15H26N2O5S. The van der Waals surface area contributed by atoms with Crippen molar-refractivity contribution in [1.29, 1.82) is 0 Å². The smallest absolute Gasteiger partial charge is 0.339 e. The normalized spacial score (nSPS) is 17.3. The van der Waals surface area contributed by atoms with Gasteiger partial charge in [0.05, 0.1) is 12.5 Å². The summed E-state index contributed by atoms with van der Waals surface area (Å²) in [6, 6.07) is 0. The van der Waals surface area contributed by atoms with Crippen LogP contribution in [0.3, 0.4) is 0 Å². The summed E-state index contributed by atoms with van der Waals surface area (Å²) in [7, 11) is 0. The van der Waals surface area contributed by atoms with Gasteiger partial charge in [-0.1, -0.05) is 19.8 Å². The fourth-order valence-corrected chi connectivity index (χ4v) is 2.76. The van der Waals surface area contributed by atoms with Crippen molar-refractivity contribution in [3.05, 3.63) is 0 Å². The Labute approximate surface area is 142 Å². The molecule has 0 aromatic rings. The van der Waals surface area contributed by atoms with Gasteiger partial charge in [0, 0.05) is 0 Å². The van der Waals surface area contributed by atoms with Gasteiger partial charge in [0.15, 0.2) is 5.37 Å². The largest absolute Gasteiger partial charge is 0.460 e. The van der Waals surface area contributed by atoms with Crippen LogP contribution < -0.4 is 5.32 Å². The van der Waals surface area contributed by atoms with Gasteiger partial charge in [-0.2, -0.15) is 0 Å². The lowest BCUT2D eigenvalue weighted by Gasteiger charge is -2.22. The Morgan fingerprint density at radius 1 is 1.43 bits per heavy atom. The van der Waals surface area contributed by atoms with Gasteiger partial charge in [0.25, 0.3) is 0 Å². The fraction of sp³-hybridized carbons (Fsp3) is 0.800. The number of hydrogen-bond donors (Lipinski definition) is 3. The van der Waals surface area contributed by atoms with Crippen molar-refractivity contribution in [2.24, 2.45) is 5.92 Å². The van der Waals surface area contributed by atoms with Crippen molar-refractivity contribution in [2.45, 2.75) is 63.3 Å². The number of esters is 1. The number of nitrogens with one attached hydrogen (secondary N) is 1. The molecule has 0 aromatic heterocycles. The summed E-state index contributed by atoms with van der Waals surface area (Å²) < 4.78 is 5.29. The van der Waals surface area contributed by atoms with E-state index < -0.39 is 23.2 Å². The maximum absolute atomic E-state index is 12.2. The molecule has 132 valence electrons. The average molecular weight is 346 g/mol. The molecule has 1 aliphatic carbocycles. The summed E-state index contributed by atoms with van der Waals surface area (Å²) >= 11 is 4.08. The van der Waals surface area contributed by atoms with Crippen LogP contribution in [0.25, 0.3) is 0 Å². The van der Waals surface area contributed by atoms with Gasteiger partial charge < -0.3 is 10.1 Å². The number of carbonyl (C=O) groups excluding carboxylic acids is 3. The molecule has 2 amide bonds. The van der Waals surface area contributed by atoms with E-state index in [-0.39, 0.29) is 19.1 Å². The summed E-state index contributed by atoms with van der Waals surface area (Å²) in [6.45, 7) is 1.86. The van der Waals surface area contributed by atoms with Crippen LogP contribution in [-0.2, 0) is 19.1 Å². The molecule has 1 saturated carbocycles. The summed E-state index contributed by atoms with van der Waals surface area (Å²) in [5.41, 5.74) is 0. The van der Waals surface area contributed by atoms with Crippen LogP contribution >= 0.6 is 12.6 Å². The highest BCUT2D eigenvalue weighted by atomic mass is 32.1. The van der Waals surface area contributed by atoms with Crippen LogP contribution in [0, 0.1) is 5.92 Å². The van der Waals surface area contributed by atoms with E-state index in [1.54, 1.807) is 0 Å². The van der Waals surface area contributed by atoms with Gasteiger partial charge in [-0.25, -0.2) is 9.86 Å². The number of unbranched alkanes of at least 4 members (excludes halogenated alkanes) is 1. The van der Waals surface area contributed by atoms with Gasteiger partial charge in [-0.3, -0.25) is 14.8 Å². The molecule has 1 aliphatic rings. The minimum atomic E-state index is -1.05. The zero-order valence-corrected chi connectivity index (χ0v) is 14.3. The van der Waals surface area contributed by atoms with Gasteiger partial charge in [0.2, 0.25) is 12.3 Å². The monoisotopic (exact) mass is 346 g/mol. The lowest BCUT2D eigenvalue weighted by molar-refractivity contribution is -0.156. The minimum absolute atomic E-state index is 0.0899. The van der Waals surface area contributed by atoms with E-state index in [1.165, 1.54) is 0 Å². The number of rotatable bonds is 10. The lowest BCUT2D eigenvalue weighted by atomic mass is 10.0. The number of hydroxylamine groups is 2. The van der Waals surface area contributed by atoms with Crippen LogP contribution in [0.1, 0.15) is 51.9 Å². The van der Waals surface area contributed by atoms with Gasteiger partial charge in [0.1, 0.15) is 6.10 Å². The van der Waals surface area contributed by atoms with Crippen LogP contribution in [0.2, 0.25) is 0 Å². The second kappa shape index (κ2) is 10.5. The quantitative estimate of drug-likeness (QED) is 0.139. The molecule has 0 radical (unpaired) electrons. The van der Waals surface area contributed by atoms with Gasteiger partial charge in [-0.15, -0.1) is 12.6 Å². The first kappa shape index (κ1) is 19.8. The lowest BCUT2D eigenvalue weighted by Crippen LogP contribution is -2.44. The van der Waals surface area contributed by atoms with E-state index in [0.29, 0.717) is 11.5 Å². The van der Waals surface area contributed by atoms with Crippen molar-refractivity contribution in [1.82, 2.24) is 10.4 Å². The summed E-state index contributed by atoms with van der Waals surface area (Å²) in [5, 5.41) is 11.2. The van der Waals surface area contributed by atoms with E-state index in [2.05, 4.69) is 17.9 Å². The number of hydrogen-bond acceptors (Lipinski definition) is 6. The first-order valence-corrected chi connectivity index (χ1v) is 8.59. The fourth-order valence-electron chi connectivity index (χ4n) is 2.57. The van der Waals surface area contributed by atoms with E-state index >= 15 is 0 Å². The molecule has 2 N–H and O–H groups in total. The van der Waals surface area contributed by atoms with Crippen molar-refractivity contribution < 1.29 is 24.3 Å². The van der Waals surface area contributed by atoms with Crippen molar-refractivity contribution in [3.8, 4) is 0 Å². The van der Waals surface area contributed by atoms with Crippen LogP contribution in [0.15, 0.2) is 0 Å². The van der Waals surface area contributed by atoms with Crippen molar-refractivity contribution in [3.63, 3.8) is 0 Å². The summed E-state index contributed by atoms with van der Waals surface area (Å²) in [5.74, 6) is -1.60. The zero-order chi connectivity index (χ0) is 17.2. The van der Waals surface area contributed by atoms with Crippen LogP contribution in [-0.4, -0.2) is 46.6 Å². The molecule has 0 spiro atoms. The van der Waals surface area contributed by atoms with Gasteiger partial charge >= 0.3 is 5.97 Å². The summed E-state index contributed by atoms with van der Waals surface area (Å²) in [4.78, 5) is 34.7. The van der Waals surface area contributed by atoms with E-state index in [9.17, 15) is 19.6 Å². The standard InChI is InChI=1S/C15H26N2O5S/c1-2-3-6-11(9-17(21)10-18)13(19)16-14(23)15(20)22-12-7-4-5-8-12/h10-12,14,21,23H,2-9H2,1H3,(H,16,19). The molecule has 0 aromatic carbocycles. The second-order valence-corrected chi connectivity index (χ2v) is 6.34. The minimum Gasteiger partial charge on any atom is -0.460 e. The Morgan fingerprint density at radius 2 is 2.09 bits per heavy atom. The Morgan fingerprint density at radius 3 is 2.65 bits per heavy atom. The number of ether oxygens (including phenoxy) is 1. The molecular weight excluding hydrogens is 320 g/mol. The molecule has 7 nitrogen and oxygen atoms in total. The van der Waals surface area contributed by atoms with E-state index in [1.807, 2.05) is 6.92 Å². The molecule has 2 unspecified atom stereocenters. The molecule has 1 fully saturated rings. The number of carbonyl (C=O) groups is 3. The highest BCUT2D eigenvalue weighted by Crippen LogP contribution is 2.21. The van der Waals surface area contributed by atoms with E-state index in [0.717, 1.165) is 38.5 Å². The third-order valence-corrected chi connectivity index (χ3v) is 4.23. The molecule has 0 saturated heterocycles. The summed E-state index contributed by atoms with van der Waals surface area (Å²) in [6.07, 6.45) is 6.09. The number of thiol groups is 1. The first-order valence-electron chi connectivity index (χ1n) is 8.07. The van der Waals surface area contributed by atoms with Crippen molar-refractivity contribution in [2.75, 3.05) is 6.54 Å². The van der Waals surface area contributed by atoms with Crippen LogP contribution in [0.5, 0.6) is 0 Å². The van der Waals surface area contributed by atoms with E-state index in [4.69, 9.17) is 4.74 Å².